The Morgan fingerprint density at radius 3 is 2.52 bits per heavy atom. The van der Waals surface area contributed by atoms with E-state index in [0.29, 0.717) is 10.6 Å². The third kappa shape index (κ3) is 3.07. The number of pyridine rings is 1. The lowest BCUT2D eigenvalue weighted by Gasteiger charge is -2.25. The number of nitrogens with zero attached hydrogens (tertiary/aromatic N) is 2. The van der Waals surface area contributed by atoms with Gasteiger partial charge < -0.3 is 0 Å². The summed E-state index contributed by atoms with van der Waals surface area (Å²) in [5.74, 6) is -0.879. The SMILES string of the molecule is CC(c1ccccc1Cl)N(C)S(=O)(=O)c1ncccc1F. The number of sulfonamides is 1. The van der Waals surface area contributed by atoms with E-state index in [0.717, 1.165) is 10.4 Å². The van der Waals surface area contributed by atoms with Crippen molar-refractivity contribution < 1.29 is 12.8 Å². The zero-order valence-corrected chi connectivity index (χ0v) is 13.1. The van der Waals surface area contributed by atoms with Gasteiger partial charge in [0.1, 0.15) is 0 Å². The number of hydrogen-bond donors (Lipinski definition) is 0. The molecule has 0 aliphatic heterocycles. The summed E-state index contributed by atoms with van der Waals surface area (Å²) in [6.45, 7) is 1.68. The smallest absolute Gasteiger partial charge is 0.241 e. The molecule has 7 heteroatoms. The van der Waals surface area contributed by atoms with Crippen LogP contribution >= 0.6 is 11.6 Å². The Hall–Kier alpha value is -1.50. The second-order valence-corrected chi connectivity index (χ2v) is 6.83. The van der Waals surface area contributed by atoms with Crippen LogP contribution in [0.25, 0.3) is 0 Å². The van der Waals surface area contributed by atoms with Gasteiger partial charge in [0.05, 0.1) is 0 Å². The van der Waals surface area contributed by atoms with E-state index in [4.69, 9.17) is 11.6 Å². The molecule has 0 saturated carbocycles. The van der Waals surface area contributed by atoms with Gasteiger partial charge in [-0.25, -0.2) is 17.8 Å². The molecule has 0 bridgehead atoms. The maximum Gasteiger partial charge on any atom is 0.263 e. The van der Waals surface area contributed by atoms with E-state index in [9.17, 15) is 12.8 Å². The number of aromatic nitrogens is 1. The molecule has 112 valence electrons. The highest BCUT2D eigenvalue weighted by Crippen LogP contribution is 2.30. The number of benzene rings is 1. The molecule has 0 aliphatic carbocycles. The standard InChI is InChI=1S/C14H14ClFN2O2S/c1-10(11-6-3-4-7-12(11)15)18(2)21(19,20)14-13(16)8-5-9-17-14/h3-10H,1-2H3. The molecule has 1 atom stereocenters. The van der Waals surface area contributed by atoms with Crippen molar-refractivity contribution in [1.82, 2.24) is 9.29 Å². The third-order valence-corrected chi connectivity index (χ3v) is 5.46. The molecule has 2 rings (SSSR count). The molecule has 1 aromatic carbocycles. The second-order valence-electron chi connectivity index (χ2n) is 4.51. The number of halogens is 2. The molecule has 0 fully saturated rings. The summed E-state index contributed by atoms with van der Waals surface area (Å²) in [5, 5.41) is -0.139. The summed E-state index contributed by atoms with van der Waals surface area (Å²) in [4.78, 5) is 3.63. The molecule has 0 amide bonds. The van der Waals surface area contributed by atoms with Crippen LogP contribution in [0.3, 0.4) is 0 Å². The van der Waals surface area contributed by atoms with E-state index < -0.39 is 26.9 Å². The molecule has 21 heavy (non-hydrogen) atoms. The minimum Gasteiger partial charge on any atom is -0.241 e. The average molecular weight is 329 g/mol. The Labute approximate surface area is 128 Å². The van der Waals surface area contributed by atoms with Gasteiger partial charge in [-0.2, -0.15) is 4.31 Å². The van der Waals surface area contributed by atoms with Crippen LogP contribution in [0, 0.1) is 5.82 Å². The molecule has 0 radical (unpaired) electrons. The fraction of sp³-hybridized carbons (Fsp3) is 0.214. The Morgan fingerprint density at radius 2 is 1.90 bits per heavy atom. The van der Waals surface area contributed by atoms with Crippen molar-refractivity contribution in [2.24, 2.45) is 0 Å². The lowest BCUT2D eigenvalue weighted by atomic mass is 10.1. The number of hydrogen-bond acceptors (Lipinski definition) is 3. The molecule has 0 spiro atoms. The van der Waals surface area contributed by atoms with Crippen LogP contribution < -0.4 is 0 Å². The summed E-state index contributed by atoms with van der Waals surface area (Å²) < 4.78 is 39.7. The Balaban J connectivity index is 2.42. The van der Waals surface area contributed by atoms with Crippen LogP contribution in [-0.2, 0) is 10.0 Å². The first-order valence-corrected chi connectivity index (χ1v) is 8.00. The van der Waals surface area contributed by atoms with Gasteiger partial charge in [0, 0.05) is 24.3 Å². The first-order valence-electron chi connectivity index (χ1n) is 6.18. The molecule has 0 saturated heterocycles. The Morgan fingerprint density at radius 1 is 1.24 bits per heavy atom. The summed E-state index contributed by atoms with van der Waals surface area (Å²) in [7, 11) is -2.67. The van der Waals surface area contributed by atoms with Crippen LogP contribution in [0.2, 0.25) is 5.02 Å². The largest absolute Gasteiger partial charge is 0.263 e. The van der Waals surface area contributed by atoms with Crippen molar-refractivity contribution in [3.05, 3.63) is 59.0 Å². The van der Waals surface area contributed by atoms with Gasteiger partial charge >= 0.3 is 0 Å². The Kier molecular flexibility index (Phi) is 4.61. The average Bonchev–Trinajstić information content (AvgIpc) is 2.46. The highest BCUT2D eigenvalue weighted by atomic mass is 35.5. The van der Waals surface area contributed by atoms with Crippen LogP contribution in [0.1, 0.15) is 18.5 Å². The van der Waals surface area contributed by atoms with E-state index in [2.05, 4.69) is 4.98 Å². The van der Waals surface area contributed by atoms with Crippen molar-refractivity contribution >= 4 is 21.6 Å². The van der Waals surface area contributed by atoms with Crippen molar-refractivity contribution in [1.29, 1.82) is 0 Å². The molecular weight excluding hydrogens is 315 g/mol. The fourth-order valence-corrected chi connectivity index (χ4v) is 3.52. The molecule has 1 unspecified atom stereocenters. The van der Waals surface area contributed by atoms with Gasteiger partial charge in [-0.05, 0) is 30.7 Å². The quantitative estimate of drug-likeness (QED) is 0.865. The highest BCUT2D eigenvalue weighted by Gasteiger charge is 2.30. The molecule has 1 aromatic heterocycles. The highest BCUT2D eigenvalue weighted by molar-refractivity contribution is 7.89. The number of rotatable bonds is 4. The predicted molar refractivity (Wildman–Crippen MR) is 79.0 cm³/mol. The molecule has 4 nitrogen and oxygen atoms in total. The van der Waals surface area contributed by atoms with E-state index >= 15 is 0 Å². The van der Waals surface area contributed by atoms with Gasteiger partial charge in [-0.15, -0.1) is 0 Å². The molecule has 2 aromatic rings. The summed E-state index contributed by atoms with van der Waals surface area (Å²) in [5.41, 5.74) is 0.640. The van der Waals surface area contributed by atoms with Crippen LogP contribution in [0.4, 0.5) is 4.39 Å². The molecule has 1 heterocycles. The topological polar surface area (TPSA) is 50.3 Å². The monoisotopic (exact) mass is 328 g/mol. The van der Waals surface area contributed by atoms with Gasteiger partial charge in [-0.3, -0.25) is 0 Å². The predicted octanol–water partition coefficient (Wildman–Crippen LogP) is 3.26. The van der Waals surface area contributed by atoms with Gasteiger partial charge in [0.2, 0.25) is 5.03 Å². The summed E-state index contributed by atoms with van der Waals surface area (Å²) in [6.07, 6.45) is 1.24. The van der Waals surface area contributed by atoms with Gasteiger partial charge in [-0.1, -0.05) is 29.8 Å². The van der Waals surface area contributed by atoms with Gasteiger partial charge in [0.25, 0.3) is 10.0 Å². The van der Waals surface area contributed by atoms with Crippen LogP contribution in [0.15, 0.2) is 47.6 Å². The first-order chi connectivity index (χ1) is 9.85. The fourth-order valence-electron chi connectivity index (χ4n) is 1.92. The molecule has 0 N–H and O–H groups in total. The van der Waals surface area contributed by atoms with E-state index in [1.807, 2.05) is 0 Å². The van der Waals surface area contributed by atoms with Crippen LogP contribution in [0.5, 0.6) is 0 Å². The molecule has 0 aliphatic rings. The van der Waals surface area contributed by atoms with Crippen molar-refractivity contribution in [3.63, 3.8) is 0 Å². The van der Waals surface area contributed by atoms with Gasteiger partial charge in [0.15, 0.2) is 5.82 Å². The second kappa shape index (κ2) is 6.09. The maximum absolute atomic E-state index is 13.7. The maximum atomic E-state index is 13.7. The minimum atomic E-state index is -4.05. The first kappa shape index (κ1) is 15.9. The minimum absolute atomic E-state index is 0.452. The zero-order valence-electron chi connectivity index (χ0n) is 11.5. The van der Waals surface area contributed by atoms with Crippen molar-refractivity contribution in [3.8, 4) is 0 Å². The van der Waals surface area contributed by atoms with Crippen molar-refractivity contribution in [2.45, 2.75) is 18.0 Å². The summed E-state index contributed by atoms with van der Waals surface area (Å²) in [6, 6.07) is 8.78. The lowest BCUT2D eigenvalue weighted by molar-refractivity contribution is 0.392. The van der Waals surface area contributed by atoms with Crippen LogP contribution in [-0.4, -0.2) is 24.8 Å². The zero-order chi connectivity index (χ0) is 15.6. The van der Waals surface area contributed by atoms with Crippen molar-refractivity contribution in [2.75, 3.05) is 7.05 Å². The third-order valence-electron chi connectivity index (χ3n) is 3.25. The normalized spacial score (nSPS) is 13.4. The Bertz CT molecular complexity index is 752. The van der Waals surface area contributed by atoms with E-state index in [-0.39, 0.29) is 0 Å². The molecular formula is C14H14ClFN2O2S. The summed E-state index contributed by atoms with van der Waals surface area (Å²) >= 11 is 6.08. The lowest BCUT2D eigenvalue weighted by Crippen LogP contribution is -2.31. The van der Waals surface area contributed by atoms with E-state index in [1.165, 1.54) is 19.3 Å². The van der Waals surface area contributed by atoms with E-state index in [1.54, 1.807) is 31.2 Å².